The molecule has 0 amide bonds. The Labute approximate surface area is 165 Å². The summed E-state index contributed by atoms with van der Waals surface area (Å²) in [4.78, 5) is 0. The lowest BCUT2D eigenvalue weighted by atomic mass is 10.1. The van der Waals surface area contributed by atoms with Crippen LogP contribution in [0.15, 0.2) is 78.9 Å². The second-order valence-corrected chi connectivity index (χ2v) is 6.83. The van der Waals surface area contributed by atoms with Gasteiger partial charge in [0.1, 0.15) is 5.75 Å². The van der Waals surface area contributed by atoms with Gasteiger partial charge in [-0.3, -0.25) is 0 Å². The summed E-state index contributed by atoms with van der Waals surface area (Å²) in [5, 5.41) is 8.17. The van der Waals surface area contributed by atoms with E-state index in [4.69, 9.17) is 9.84 Å². The molecular formula is C24H23N3O. The Morgan fingerprint density at radius 3 is 2.50 bits per heavy atom. The molecule has 3 aromatic carbocycles. The number of hydrogen-bond donors (Lipinski definition) is 1. The van der Waals surface area contributed by atoms with Gasteiger partial charge in [0, 0.05) is 11.3 Å². The Hall–Kier alpha value is -3.53. The summed E-state index contributed by atoms with van der Waals surface area (Å²) < 4.78 is 7.45. The first-order valence-electron chi connectivity index (χ1n) is 9.28. The van der Waals surface area contributed by atoms with Crippen LogP contribution in [0.25, 0.3) is 16.9 Å². The summed E-state index contributed by atoms with van der Waals surface area (Å²) in [5.74, 6) is 0.813. The Bertz CT molecular complexity index is 1110. The van der Waals surface area contributed by atoms with Crippen LogP contribution in [0.5, 0.6) is 5.75 Å². The monoisotopic (exact) mass is 369 g/mol. The molecule has 0 saturated carbocycles. The van der Waals surface area contributed by atoms with Gasteiger partial charge in [0.05, 0.1) is 29.9 Å². The predicted molar refractivity (Wildman–Crippen MR) is 115 cm³/mol. The fraction of sp³-hybridized carbons (Fsp3) is 0.125. The van der Waals surface area contributed by atoms with Crippen LogP contribution in [0.4, 0.5) is 11.4 Å². The molecule has 0 saturated heterocycles. The molecule has 1 N–H and O–H groups in total. The molecule has 140 valence electrons. The van der Waals surface area contributed by atoms with Crippen molar-refractivity contribution in [1.29, 1.82) is 0 Å². The first-order valence-corrected chi connectivity index (χ1v) is 9.28. The van der Waals surface area contributed by atoms with Crippen LogP contribution in [-0.2, 0) is 0 Å². The topological polar surface area (TPSA) is 39.1 Å². The molecule has 0 aliphatic rings. The second kappa shape index (κ2) is 7.61. The van der Waals surface area contributed by atoms with Gasteiger partial charge in [0.15, 0.2) is 0 Å². The molecule has 4 aromatic rings. The van der Waals surface area contributed by atoms with Crippen molar-refractivity contribution in [3.05, 3.63) is 90.1 Å². The minimum absolute atomic E-state index is 0.813. The lowest BCUT2D eigenvalue weighted by Gasteiger charge is -2.13. The first kappa shape index (κ1) is 17.9. The van der Waals surface area contributed by atoms with Crippen LogP contribution in [0, 0.1) is 13.8 Å². The van der Waals surface area contributed by atoms with Gasteiger partial charge in [-0.15, -0.1) is 0 Å². The van der Waals surface area contributed by atoms with Gasteiger partial charge < -0.3 is 10.1 Å². The number of benzene rings is 3. The molecule has 0 aliphatic carbocycles. The number of anilines is 2. The number of para-hydroxylation sites is 2. The fourth-order valence-electron chi connectivity index (χ4n) is 3.32. The third-order valence-electron chi connectivity index (χ3n) is 4.62. The highest BCUT2D eigenvalue weighted by molar-refractivity contribution is 5.72. The Morgan fingerprint density at radius 1 is 0.857 bits per heavy atom. The number of nitrogens with zero attached hydrogens (tertiary/aromatic N) is 2. The van der Waals surface area contributed by atoms with E-state index < -0.39 is 0 Å². The van der Waals surface area contributed by atoms with Gasteiger partial charge in [0.2, 0.25) is 0 Å². The van der Waals surface area contributed by atoms with Gasteiger partial charge >= 0.3 is 0 Å². The van der Waals surface area contributed by atoms with E-state index in [-0.39, 0.29) is 0 Å². The van der Waals surface area contributed by atoms with E-state index in [9.17, 15) is 0 Å². The highest BCUT2D eigenvalue weighted by atomic mass is 16.5. The zero-order chi connectivity index (χ0) is 19.5. The van der Waals surface area contributed by atoms with Crippen LogP contribution in [-0.4, -0.2) is 16.9 Å². The average Bonchev–Trinajstić information content (AvgIpc) is 3.10. The lowest BCUT2D eigenvalue weighted by molar-refractivity contribution is 0.417. The van der Waals surface area contributed by atoms with Gasteiger partial charge in [0.25, 0.3) is 0 Å². The van der Waals surface area contributed by atoms with Crippen LogP contribution in [0.1, 0.15) is 11.3 Å². The summed E-state index contributed by atoms with van der Waals surface area (Å²) >= 11 is 0. The summed E-state index contributed by atoms with van der Waals surface area (Å²) in [6.45, 7) is 4.12. The van der Waals surface area contributed by atoms with E-state index in [1.807, 2.05) is 35.9 Å². The number of aromatic nitrogens is 2. The highest BCUT2D eigenvalue weighted by Gasteiger charge is 2.11. The number of nitrogens with one attached hydrogen (secondary N) is 1. The normalized spacial score (nSPS) is 10.7. The Kier molecular flexibility index (Phi) is 4.85. The van der Waals surface area contributed by atoms with Crippen LogP contribution in [0.2, 0.25) is 0 Å². The Balaban J connectivity index is 1.73. The van der Waals surface area contributed by atoms with Gasteiger partial charge in [-0.2, -0.15) is 5.10 Å². The van der Waals surface area contributed by atoms with Gasteiger partial charge in [-0.05, 0) is 61.9 Å². The third kappa shape index (κ3) is 3.62. The van der Waals surface area contributed by atoms with Crippen molar-refractivity contribution in [3.63, 3.8) is 0 Å². The van der Waals surface area contributed by atoms with Crippen molar-refractivity contribution in [2.45, 2.75) is 13.8 Å². The molecule has 1 heterocycles. The number of rotatable bonds is 5. The molecule has 0 atom stereocenters. The first-order chi connectivity index (χ1) is 13.6. The smallest absolute Gasteiger partial charge is 0.142 e. The molecule has 0 unspecified atom stereocenters. The summed E-state index contributed by atoms with van der Waals surface area (Å²) in [6, 6.07) is 26.8. The molecule has 4 nitrogen and oxygen atoms in total. The van der Waals surface area contributed by atoms with E-state index in [1.54, 1.807) is 7.11 Å². The molecule has 4 heteroatoms. The zero-order valence-corrected chi connectivity index (χ0v) is 16.3. The molecule has 0 bridgehead atoms. The largest absolute Gasteiger partial charge is 0.495 e. The number of hydrogen-bond acceptors (Lipinski definition) is 3. The maximum Gasteiger partial charge on any atom is 0.142 e. The van der Waals surface area contributed by atoms with E-state index in [0.29, 0.717) is 0 Å². The number of methoxy groups -OCH3 is 1. The maximum absolute atomic E-state index is 5.45. The van der Waals surface area contributed by atoms with E-state index in [2.05, 4.69) is 66.8 Å². The SMILES string of the molecule is COc1ccccc1Nc1cccc(-c2cc(C)nn2-c2cccc(C)c2)c1. The highest BCUT2D eigenvalue weighted by Crippen LogP contribution is 2.30. The van der Waals surface area contributed by atoms with Crippen LogP contribution in [0.3, 0.4) is 0 Å². The molecule has 0 radical (unpaired) electrons. The molecule has 0 spiro atoms. The minimum Gasteiger partial charge on any atom is -0.495 e. The van der Waals surface area contributed by atoms with Crippen LogP contribution >= 0.6 is 0 Å². The zero-order valence-electron chi connectivity index (χ0n) is 16.3. The molecule has 28 heavy (non-hydrogen) atoms. The third-order valence-corrected chi connectivity index (χ3v) is 4.62. The molecule has 0 aliphatic heterocycles. The summed E-state index contributed by atoms with van der Waals surface area (Å²) in [7, 11) is 1.68. The van der Waals surface area contributed by atoms with E-state index >= 15 is 0 Å². The molecule has 4 rings (SSSR count). The average molecular weight is 369 g/mol. The lowest BCUT2D eigenvalue weighted by Crippen LogP contribution is -2.00. The van der Waals surface area contributed by atoms with Crippen molar-refractivity contribution in [2.24, 2.45) is 0 Å². The standard InChI is InChI=1S/C24H23N3O/c1-17-8-6-11-21(14-17)27-23(15-18(2)26-27)19-9-7-10-20(16-19)25-22-12-4-5-13-24(22)28-3/h4-16,25H,1-3H3. The van der Waals surface area contributed by atoms with Gasteiger partial charge in [-0.25, -0.2) is 4.68 Å². The Morgan fingerprint density at radius 2 is 1.68 bits per heavy atom. The van der Waals surface area contributed by atoms with Crippen molar-refractivity contribution in [1.82, 2.24) is 9.78 Å². The van der Waals surface area contributed by atoms with Crippen LogP contribution < -0.4 is 10.1 Å². The number of aryl methyl sites for hydroxylation is 2. The van der Waals surface area contributed by atoms with E-state index in [0.717, 1.165) is 39.8 Å². The summed E-state index contributed by atoms with van der Waals surface area (Å²) in [6.07, 6.45) is 0. The molecule has 0 fully saturated rings. The predicted octanol–water partition coefficient (Wildman–Crippen LogP) is 5.91. The minimum atomic E-state index is 0.813. The maximum atomic E-state index is 5.45. The van der Waals surface area contributed by atoms with Gasteiger partial charge in [-0.1, -0.05) is 36.4 Å². The number of ether oxygens (including phenoxy) is 1. The molecule has 1 aromatic heterocycles. The quantitative estimate of drug-likeness (QED) is 0.475. The van der Waals surface area contributed by atoms with E-state index in [1.165, 1.54) is 5.56 Å². The fourth-order valence-corrected chi connectivity index (χ4v) is 3.32. The van der Waals surface area contributed by atoms with Crippen molar-refractivity contribution >= 4 is 11.4 Å². The second-order valence-electron chi connectivity index (χ2n) is 6.83. The molecular weight excluding hydrogens is 346 g/mol. The van der Waals surface area contributed by atoms with Crippen molar-refractivity contribution < 1.29 is 4.74 Å². The van der Waals surface area contributed by atoms with Crippen molar-refractivity contribution in [2.75, 3.05) is 12.4 Å². The van der Waals surface area contributed by atoms with Crippen molar-refractivity contribution in [3.8, 4) is 22.7 Å². The summed E-state index contributed by atoms with van der Waals surface area (Å²) in [5.41, 5.74) is 7.35.